The van der Waals surface area contributed by atoms with E-state index in [9.17, 15) is 4.79 Å². The van der Waals surface area contributed by atoms with Crippen molar-refractivity contribution in [3.05, 3.63) is 39.8 Å². The Morgan fingerprint density at radius 2 is 2.18 bits per heavy atom. The maximum absolute atomic E-state index is 11.9. The Bertz CT molecular complexity index is 564. The van der Waals surface area contributed by atoms with Gasteiger partial charge in [-0.15, -0.1) is 0 Å². The van der Waals surface area contributed by atoms with Crippen molar-refractivity contribution < 1.29 is 4.79 Å². The highest BCUT2D eigenvalue weighted by Crippen LogP contribution is 2.16. The van der Waals surface area contributed by atoms with Crippen LogP contribution in [0.1, 0.15) is 21.6 Å². The lowest BCUT2D eigenvalue weighted by molar-refractivity contribution is 0.102. The lowest BCUT2D eigenvalue weighted by atomic mass is 10.2. The average molecular weight is 295 g/mol. The first-order valence-electron chi connectivity index (χ1n) is 5.01. The van der Waals surface area contributed by atoms with Gasteiger partial charge in [-0.25, -0.2) is 0 Å². The van der Waals surface area contributed by atoms with Crippen LogP contribution in [-0.4, -0.2) is 21.1 Å². The molecule has 0 spiro atoms. The number of aromatic nitrogens is 3. The number of anilines is 1. The number of nitrogens with one attached hydrogen (secondary N) is 2. The fraction of sp³-hybridized carbons (Fsp3) is 0.182. The van der Waals surface area contributed by atoms with Gasteiger partial charge < -0.3 is 5.32 Å². The van der Waals surface area contributed by atoms with Crippen molar-refractivity contribution in [2.75, 3.05) is 5.32 Å². The quantitative estimate of drug-likeness (QED) is 0.894. The Morgan fingerprint density at radius 1 is 1.41 bits per heavy atom. The highest BCUT2D eigenvalue weighted by molar-refractivity contribution is 9.10. The van der Waals surface area contributed by atoms with E-state index in [1.54, 1.807) is 12.3 Å². The summed E-state index contributed by atoms with van der Waals surface area (Å²) in [4.78, 5) is 15.8. The summed E-state index contributed by atoms with van der Waals surface area (Å²) in [7, 11) is 0. The van der Waals surface area contributed by atoms with Crippen LogP contribution in [0, 0.1) is 13.8 Å². The van der Waals surface area contributed by atoms with Crippen molar-refractivity contribution in [3.8, 4) is 0 Å². The number of amides is 1. The van der Waals surface area contributed by atoms with Crippen LogP contribution in [0.5, 0.6) is 0 Å². The number of hydrogen-bond donors (Lipinski definition) is 2. The van der Waals surface area contributed by atoms with Crippen LogP contribution in [0.2, 0.25) is 0 Å². The van der Waals surface area contributed by atoms with E-state index in [4.69, 9.17) is 0 Å². The SMILES string of the molecule is Cc1[nH]nc(NC(=O)c2cncc(Br)c2)c1C. The van der Waals surface area contributed by atoms with E-state index in [2.05, 4.69) is 36.4 Å². The van der Waals surface area contributed by atoms with Gasteiger partial charge in [-0.1, -0.05) is 0 Å². The Balaban J connectivity index is 2.20. The van der Waals surface area contributed by atoms with Gasteiger partial charge in [-0.05, 0) is 35.8 Å². The molecule has 2 aromatic rings. The van der Waals surface area contributed by atoms with Crippen LogP contribution in [-0.2, 0) is 0 Å². The number of hydrogen-bond acceptors (Lipinski definition) is 3. The highest BCUT2D eigenvalue weighted by atomic mass is 79.9. The molecule has 2 rings (SSSR count). The molecule has 0 saturated carbocycles. The number of halogens is 1. The zero-order valence-corrected chi connectivity index (χ0v) is 11.0. The van der Waals surface area contributed by atoms with Gasteiger partial charge in [0, 0.05) is 28.1 Å². The molecule has 0 unspecified atom stereocenters. The van der Waals surface area contributed by atoms with Crippen molar-refractivity contribution in [1.29, 1.82) is 0 Å². The molecule has 0 fully saturated rings. The molecule has 0 aliphatic carbocycles. The van der Waals surface area contributed by atoms with Gasteiger partial charge in [0.25, 0.3) is 5.91 Å². The lowest BCUT2D eigenvalue weighted by Crippen LogP contribution is -2.13. The minimum absolute atomic E-state index is 0.228. The molecule has 88 valence electrons. The van der Waals surface area contributed by atoms with Crippen LogP contribution in [0.25, 0.3) is 0 Å². The summed E-state index contributed by atoms with van der Waals surface area (Å²) in [6.07, 6.45) is 3.13. The minimum atomic E-state index is -0.228. The predicted molar refractivity (Wildman–Crippen MR) is 68.0 cm³/mol. The third kappa shape index (κ3) is 2.52. The molecule has 2 heterocycles. The van der Waals surface area contributed by atoms with E-state index in [0.29, 0.717) is 11.4 Å². The minimum Gasteiger partial charge on any atom is -0.305 e. The first-order valence-corrected chi connectivity index (χ1v) is 5.80. The van der Waals surface area contributed by atoms with Gasteiger partial charge in [0.05, 0.1) is 5.56 Å². The van der Waals surface area contributed by atoms with Crippen molar-refractivity contribution in [3.63, 3.8) is 0 Å². The molecule has 0 radical (unpaired) electrons. The van der Waals surface area contributed by atoms with Crippen LogP contribution in [0.3, 0.4) is 0 Å². The van der Waals surface area contributed by atoms with E-state index < -0.39 is 0 Å². The number of carbonyl (C=O) groups is 1. The fourth-order valence-corrected chi connectivity index (χ4v) is 1.69. The van der Waals surface area contributed by atoms with Crippen LogP contribution in [0.15, 0.2) is 22.9 Å². The zero-order chi connectivity index (χ0) is 12.4. The smallest absolute Gasteiger partial charge is 0.258 e. The summed E-state index contributed by atoms with van der Waals surface area (Å²) in [5.74, 6) is 0.320. The largest absolute Gasteiger partial charge is 0.305 e. The third-order valence-electron chi connectivity index (χ3n) is 2.45. The van der Waals surface area contributed by atoms with Crippen molar-refractivity contribution in [1.82, 2.24) is 15.2 Å². The molecule has 0 aliphatic rings. The molecule has 0 saturated heterocycles. The van der Waals surface area contributed by atoms with E-state index >= 15 is 0 Å². The summed E-state index contributed by atoms with van der Waals surface area (Å²) in [5.41, 5.74) is 2.36. The molecular formula is C11H11BrN4O. The number of nitrogens with zero attached hydrogens (tertiary/aromatic N) is 2. The first kappa shape index (κ1) is 11.8. The highest BCUT2D eigenvalue weighted by Gasteiger charge is 2.11. The Kier molecular flexibility index (Phi) is 3.23. The topological polar surface area (TPSA) is 70.7 Å². The van der Waals surface area contributed by atoms with E-state index in [1.807, 2.05) is 13.8 Å². The first-order chi connectivity index (χ1) is 8.08. The number of carbonyl (C=O) groups excluding carboxylic acids is 1. The van der Waals surface area contributed by atoms with Crippen LogP contribution in [0.4, 0.5) is 5.82 Å². The molecule has 0 atom stereocenters. The molecule has 1 amide bonds. The molecule has 0 bridgehead atoms. The molecule has 2 aromatic heterocycles. The second-order valence-electron chi connectivity index (χ2n) is 3.67. The van der Waals surface area contributed by atoms with Gasteiger partial charge in [0.2, 0.25) is 0 Å². The predicted octanol–water partition coefficient (Wildman–Crippen LogP) is 2.44. The molecule has 17 heavy (non-hydrogen) atoms. The molecule has 0 aliphatic heterocycles. The number of H-pyrrole nitrogens is 1. The van der Waals surface area contributed by atoms with Crippen molar-refractivity contribution in [2.45, 2.75) is 13.8 Å². The second kappa shape index (κ2) is 4.67. The third-order valence-corrected chi connectivity index (χ3v) is 2.89. The van der Waals surface area contributed by atoms with Crippen LogP contribution >= 0.6 is 15.9 Å². The van der Waals surface area contributed by atoms with Gasteiger partial charge in [0.1, 0.15) is 0 Å². The monoisotopic (exact) mass is 294 g/mol. The summed E-state index contributed by atoms with van der Waals surface area (Å²) < 4.78 is 0.764. The van der Waals surface area contributed by atoms with Crippen molar-refractivity contribution in [2.24, 2.45) is 0 Å². The number of aromatic amines is 1. The van der Waals surface area contributed by atoms with Crippen LogP contribution < -0.4 is 5.32 Å². The molecule has 0 aromatic carbocycles. The normalized spacial score (nSPS) is 10.3. The average Bonchev–Trinajstić information content (AvgIpc) is 2.61. The van der Waals surface area contributed by atoms with Gasteiger partial charge in [0.15, 0.2) is 5.82 Å². The summed E-state index contributed by atoms with van der Waals surface area (Å²) >= 11 is 3.27. The summed E-state index contributed by atoms with van der Waals surface area (Å²) in [6.45, 7) is 3.80. The summed E-state index contributed by atoms with van der Waals surface area (Å²) in [6, 6.07) is 1.71. The Morgan fingerprint density at radius 3 is 2.76 bits per heavy atom. The molecule has 2 N–H and O–H groups in total. The molecular weight excluding hydrogens is 284 g/mol. The number of aryl methyl sites for hydroxylation is 1. The maximum atomic E-state index is 11.9. The summed E-state index contributed by atoms with van der Waals surface area (Å²) in [5, 5.41) is 9.56. The zero-order valence-electron chi connectivity index (χ0n) is 9.41. The van der Waals surface area contributed by atoms with E-state index in [0.717, 1.165) is 15.7 Å². The van der Waals surface area contributed by atoms with E-state index in [-0.39, 0.29) is 5.91 Å². The second-order valence-corrected chi connectivity index (χ2v) is 4.58. The number of rotatable bonds is 2. The maximum Gasteiger partial charge on any atom is 0.258 e. The van der Waals surface area contributed by atoms with Gasteiger partial charge >= 0.3 is 0 Å². The van der Waals surface area contributed by atoms with Crippen molar-refractivity contribution >= 4 is 27.7 Å². The molecule has 6 heteroatoms. The fourth-order valence-electron chi connectivity index (χ4n) is 1.32. The Hall–Kier alpha value is -1.69. The Labute approximate surface area is 107 Å². The van der Waals surface area contributed by atoms with Gasteiger partial charge in [-0.3, -0.25) is 14.9 Å². The standard InChI is InChI=1S/C11H11BrN4O/c1-6-7(2)15-16-10(6)14-11(17)8-3-9(12)5-13-4-8/h3-5H,1-2H3,(H2,14,15,16,17). The van der Waals surface area contributed by atoms with E-state index in [1.165, 1.54) is 6.20 Å². The van der Waals surface area contributed by atoms with Gasteiger partial charge in [-0.2, -0.15) is 5.10 Å². The lowest BCUT2D eigenvalue weighted by Gasteiger charge is -2.03. The molecule has 5 nitrogen and oxygen atoms in total. The number of pyridine rings is 1.